The molecular weight excluding hydrogens is 312 g/mol. The number of hydrogen-bond donors (Lipinski definition) is 1. The van der Waals surface area contributed by atoms with Crippen LogP contribution in [0, 0.1) is 0 Å². The van der Waals surface area contributed by atoms with Gasteiger partial charge in [-0.3, -0.25) is 4.98 Å². The van der Waals surface area contributed by atoms with E-state index in [1.807, 2.05) is 36.9 Å². The van der Waals surface area contributed by atoms with Gasteiger partial charge in [0.25, 0.3) is 5.19 Å². The van der Waals surface area contributed by atoms with Gasteiger partial charge in [0.15, 0.2) is 10.6 Å². The number of thiazole rings is 1. The summed E-state index contributed by atoms with van der Waals surface area (Å²) in [5.74, 6) is 0.744. The number of aromatic nitrogens is 5. The third-order valence-electron chi connectivity index (χ3n) is 3.50. The van der Waals surface area contributed by atoms with Crippen molar-refractivity contribution in [2.24, 2.45) is 7.05 Å². The lowest BCUT2D eigenvalue weighted by atomic mass is 10.3. The van der Waals surface area contributed by atoms with Gasteiger partial charge in [0.1, 0.15) is 23.2 Å². The first-order chi connectivity index (χ1) is 11.3. The Kier molecular flexibility index (Phi) is 3.30. The Hall–Kier alpha value is -2.74. The number of ether oxygens (including phenoxy) is 1. The maximum Gasteiger partial charge on any atom is 0.276 e. The van der Waals surface area contributed by atoms with Crippen LogP contribution < -0.4 is 10.1 Å². The van der Waals surface area contributed by atoms with Crippen molar-refractivity contribution in [1.82, 2.24) is 24.5 Å². The van der Waals surface area contributed by atoms with Crippen LogP contribution in [0.5, 0.6) is 5.19 Å². The predicted molar refractivity (Wildman–Crippen MR) is 89.8 cm³/mol. The number of anilines is 1. The van der Waals surface area contributed by atoms with E-state index in [9.17, 15) is 0 Å². The van der Waals surface area contributed by atoms with E-state index >= 15 is 0 Å². The molecule has 7 nitrogen and oxygen atoms in total. The number of pyridine rings is 2. The Balaban J connectivity index is 1.75. The molecule has 8 heteroatoms. The molecule has 23 heavy (non-hydrogen) atoms. The van der Waals surface area contributed by atoms with Crippen molar-refractivity contribution in [3.8, 4) is 5.19 Å². The average molecular weight is 326 g/mol. The number of imidazole rings is 1. The molecule has 0 fully saturated rings. The number of nitrogens with one attached hydrogen (secondary N) is 1. The van der Waals surface area contributed by atoms with E-state index in [1.54, 1.807) is 12.5 Å². The first-order valence-corrected chi connectivity index (χ1v) is 7.90. The SMILES string of the molecule is CNc1nc2sc(OCc3ccccn3)nc2c2c1ncn2C. The van der Waals surface area contributed by atoms with Gasteiger partial charge in [-0.25, -0.2) is 9.97 Å². The monoisotopic (exact) mass is 326 g/mol. The van der Waals surface area contributed by atoms with Crippen LogP contribution >= 0.6 is 11.3 Å². The highest BCUT2D eigenvalue weighted by Gasteiger charge is 2.16. The summed E-state index contributed by atoms with van der Waals surface area (Å²) < 4.78 is 7.72. The van der Waals surface area contributed by atoms with E-state index in [4.69, 9.17) is 4.74 Å². The fourth-order valence-corrected chi connectivity index (χ4v) is 3.21. The first-order valence-electron chi connectivity index (χ1n) is 7.08. The normalized spacial score (nSPS) is 11.2. The third kappa shape index (κ3) is 2.36. The van der Waals surface area contributed by atoms with Crippen LogP contribution in [0.3, 0.4) is 0 Å². The molecule has 0 spiro atoms. The fraction of sp³-hybridized carbons (Fsp3) is 0.200. The van der Waals surface area contributed by atoms with Crippen molar-refractivity contribution in [1.29, 1.82) is 0 Å². The van der Waals surface area contributed by atoms with Gasteiger partial charge in [0.2, 0.25) is 0 Å². The molecule has 4 rings (SSSR count). The summed E-state index contributed by atoms with van der Waals surface area (Å²) in [5.41, 5.74) is 3.42. The molecular formula is C15H14N6OS. The first kappa shape index (κ1) is 13.9. The number of rotatable bonds is 4. The summed E-state index contributed by atoms with van der Waals surface area (Å²) in [4.78, 5) is 18.6. The van der Waals surface area contributed by atoms with Gasteiger partial charge in [-0.1, -0.05) is 17.4 Å². The number of fused-ring (bicyclic) bond motifs is 3. The second kappa shape index (κ2) is 5.47. The Bertz CT molecular complexity index is 978. The molecule has 1 N–H and O–H groups in total. The smallest absolute Gasteiger partial charge is 0.276 e. The highest BCUT2D eigenvalue weighted by Crippen LogP contribution is 2.34. The van der Waals surface area contributed by atoms with E-state index in [1.165, 1.54) is 11.3 Å². The van der Waals surface area contributed by atoms with Crippen LogP contribution in [-0.2, 0) is 13.7 Å². The molecule has 0 atom stereocenters. The summed E-state index contributed by atoms with van der Waals surface area (Å²) in [6.45, 7) is 0.383. The maximum absolute atomic E-state index is 5.77. The Labute approximate surface area is 136 Å². The highest BCUT2D eigenvalue weighted by molar-refractivity contribution is 7.20. The zero-order valence-corrected chi connectivity index (χ0v) is 13.5. The molecule has 0 amide bonds. The highest BCUT2D eigenvalue weighted by atomic mass is 32.1. The van der Waals surface area contributed by atoms with Gasteiger partial charge in [-0.05, 0) is 12.1 Å². The lowest BCUT2D eigenvalue weighted by Gasteiger charge is -2.01. The van der Waals surface area contributed by atoms with Gasteiger partial charge in [0, 0.05) is 20.3 Å². The molecule has 0 aliphatic carbocycles. The van der Waals surface area contributed by atoms with E-state index < -0.39 is 0 Å². The minimum atomic E-state index is 0.383. The molecule has 0 aliphatic rings. The molecule has 116 valence electrons. The molecule has 0 aliphatic heterocycles. The standard InChI is InChI=1S/C15H14N6OS/c1-16-13-10-12(21(2)8-18-10)11-14(20-13)23-15(19-11)22-7-9-5-3-4-6-17-9/h3-6,8H,7H2,1-2H3,(H,16,20). The lowest BCUT2D eigenvalue weighted by molar-refractivity contribution is 0.300. The zero-order valence-electron chi connectivity index (χ0n) is 12.6. The molecule has 0 saturated carbocycles. The number of nitrogens with zero attached hydrogens (tertiary/aromatic N) is 5. The van der Waals surface area contributed by atoms with Crippen LogP contribution in [0.15, 0.2) is 30.7 Å². The van der Waals surface area contributed by atoms with E-state index in [0.29, 0.717) is 11.8 Å². The van der Waals surface area contributed by atoms with Crippen molar-refractivity contribution in [3.63, 3.8) is 0 Å². The second-order valence-electron chi connectivity index (χ2n) is 5.01. The predicted octanol–water partition coefficient (Wildman–Crippen LogP) is 2.59. The quantitative estimate of drug-likeness (QED) is 0.621. The van der Waals surface area contributed by atoms with E-state index in [-0.39, 0.29) is 0 Å². The minimum Gasteiger partial charge on any atom is -0.463 e. The van der Waals surface area contributed by atoms with Crippen LogP contribution in [0.2, 0.25) is 0 Å². The number of hydrogen-bond acceptors (Lipinski definition) is 7. The summed E-state index contributed by atoms with van der Waals surface area (Å²) in [7, 11) is 3.78. The molecule has 4 heterocycles. The molecule has 4 aromatic heterocycles. The molecule has 0 radical (unpaired) electrons. The molecule has 4 aromatic rings. The van der Waals surface area contributed by atoms with Crippen LogP contribution in [0.25, 0.3) is 21.4 Å². The van der Waals surface area contributed by atoms with Gasteiger partial charge >= 0.3 is 0 Å². The van der Waals surface area contributed by atoms with Crippen molar-refractivity contribution in [3.05, 3.63) is 36.4 Å². The molecule has 0 unspecified atom stereocenters. The van der Waals surface area contributed by atoms with Crippen molar-refractivity contribution in [2.75, 3.05) is 12.4 Å². The average Bonchev–Trinajstić information content (AvgIpc) is 3.16. The zero-order chi connectivity index (χ0) is 15.8. The Morgan fingerprint density at radius 1 is 1.22 bits per heavy atom. The fourth-order valence-electron chi connectivity index (χ4n) is 2.42. The molecule has 0 saturated heterocycles. The molecule has 0 aromatic carbocycles. The van der Waals surface area contributed by atoms with E-state index in [2.05, 4.69) is 25.3 Å². The Morgan fingerprint density at radius 2 is 2.13 bits per heavy atom. The Morgan fingerprint density at radius 3 is 2.91 bits per heavy atom. The van der Waals surface area contributed by atoms with Crippen LogP contribution in [-0.4, -0.2) is 31.6 Å². The largest absolute Gasteiger partial charge is 0.463 e. The van der Waals surface area contributed by atoms with Gasteiger partial charge in [0.05, 0.1) is 12.0 Å². The molecule has 0 bridgehead atoms. The van der Waals surface area contributed by atoms with Crippen molar-refractivity contribution < 1.29 is 4.74 Å². The summed E-state index contributed by atoms with van der Waals surface area (Å²) >= 11 is 1.42. The van der Waals surface area contributed by atoms with Gasteiger partial charge < -0.3 is 14.6 Å². The summed E-state index contributed by atoms with van der Waals surface area (Å²) in [6.07, 6.45) is 3.51. The lowest BCUT2D eigenvalue weighted by Crippen LogP contribution is -1.97. The van der Waals surface area contributed by atoms with E-state index in [0.717, 1.165) is 32.9 Å². The van der Waals surface area contributed by atoms with Crippen molar-refractivity contribution in [2.45, 2.75) is 6.61 Å². The second-order valence-corrected chi connectivity index (χ2v) is 5.95. The number of aryl methyl sites for hydroxylation is 1. The van der Waals surface area contributed by atoms with Crippen LogP contribution in [0.1, 0.15) is 5.69 Å². The van der Waals surface area contributed by atoms with Gasteiger partial charge in [-0.15, -0.1) is 0 Å². The topological polar surface area (TPSA) is 77.8 Å². The third-order valence-corrected chi connectivity index (χ3v) is 4.36. The summed E-state index contributed by atoms with van der Waals surface area (Å²) in [6, 6.07) is 5.73. The van der Waals surface area contributed by atoms with Gasteiger partial charge in [-0.2, -0.15) is 4.98 Å². The van der Waals surface area contributed by atoms with Crippen LogP contribution in [0.4, 0.5) is 5.82 Å². The van der Waals surface area contributed by atoms with Crippen molar-refractivity contribution >= 4 is 38.5 Å². The minimum absolute atomic E-state index is 0.383. The summed E-state index contributed by atoms with van der Waals surface area (Å²) in [5, 5.41) is 3.66. The maximum atomic E-state index is 5.77.